The Bertz CT molecular complexity index is 229. The minimum absolute atomic E-state index is 0.00778. The van der Waals surface area contributed by atoms with E-state index in [1.54, 1.807) is 0 Å². The number of carbonyl (C=O) groups excluding carboxylic acids is 1. The van der Waals surface area contributed by atoms with Crippen LogP contribution in [0.4, 0.5) is 4.79 Å². The SMILES string of the molecule is COC(=O)CCC1CCCN1C(=O)O. The molecule has 1 aliphatic rings. The van der Waals surface area contributed by atoms with E-state index in [0.717, 1.165) is 12.8 Å². The van der Waals surface area contributed by atoms with Crippen LogP contribution in [0.25, 0.3) is 0 Å². The zero-order valence-corrected chi connectivity index (χ0v) is 8.23. The van der Waals surface area contributed by atoms with Gasteiger partial charge in [-0.25, -0.2) is 4.79 Å². The van der Waals surface area contributed by atoms with Crippen molar-refractivity contribution >= 4 is 12.1 Å². The molecule has 80 valence electrons. The van der Waals surface area contributed by atoms with Gasteiger partial charge < -0.3 is 14.7 Å². The van der Waals surface area contributed by atoms with Crippen LogP contribution >= 0.6 is 0 Å². The molecule has 1 rings (SSSR count). The summed E-state index contributed by atoms with van der Waals surface area (Å²) in [6.45, 7) is 0.584. The number of amides is 1. The molecule has 0 radical (unpaired) electrons. The zero-order valence-electron chi connectivity index (χ0n) is 8.23. The first-order valence-electron chi connectivity index (χ1n) is 4.71. The Morgan fingerprint density at radius 2 is 2.29 bits per heavy atom. The quantitative estimate of drug-likeness (QED) is 0.694. The van der Waals surface area contributed by atoms with Gasteiger partial charge in [0.1, 0.15) is 0 Å². The third kappa shape index (κ3) is 2.61. The summed E-state index contributed by atoms with van der Waals surface area (Å²) in [6, 6.07) is -0.00778. The largest absolute Gasteiger partial charge is 0.469 e. The predicted octanol–water partition coefficient (Wildman–Crippen LogP) is 1.08. The van der Waals surface area contributed by atoms with E-state index in [4.69, 9.17) is 5.11 Å². The van der Waals surface area contributed by atoms with E-state index in [1.807, 2.05) is 0 Å². The van der Waals surface area contributed by atoms with Gasteiger partial charge in [-0.2, -0.15) is 0 Å². The first-order valence-corrected chi connectivity index (χ1v) is 4.71. The van der Waals surface area contributed by atoms with Gasteiger partial charge in [-0.1, -0.05) is 0 Å². The van der Waals surface area contributed by atoms with Crippen molar-refractivity contribution in [2.45, 2.75) is 31.7 Å². The first-order chi connectivity index (χ1) is 6.65. The minimum Gasteiger partial charge on any atom is -0.469 e. The molecule has 0 aromatic rings. The highest BCUT2D eigenvalue weighted by atomic mass is 16.5. The summed E-state index contributed by atoms with van der Waals surface area (Å²) in [5.74, 6) is -0.276. The van der Waals surface area contributed by atoms with Crippen LogP contribution in [-0.4, -0.2) is 41.8 Å². The smallest absolute Gasteiger partial charge is 0.407 e. The lowest BCUT2D eigenvalue weighted by Gasteiger charge is -2.20. The van der Waals surface area contributed by atoms with Gasteiger partial charge in [0.05, 0.1) is 7.11 Å². The molecule has 1 heterocycles. The number of nitrogens with zero attached hydrogens (tertiary/aromatic N) is 1. The molecule has 0 saturated carbocycles. The van der Waals surface area contributed by atoms with Crippen LogP contribution in [0.15, 0.2) is 0 Å². The maximum atomic E-state index is 10.9. The molecule has 0 spiro atoms. The van der Waals surface area contributed by atoms with Crippen LogP contribution in [0.5, 0.6) is 0 Å². The van der Waals surface area contributed by atoms with Gasteiger partial charge in [-0.15, -0.1) is 0 Å². The molecule has 14 heavy (non-hydrogen) atoms. The van der Waals surface area contributed by atoms with Gasteiger partial charge in [0.15, 0.2) is 0 Å². The summed E-state index contributed by atoms with van der Waals surface area (Å²) in [7, 11) is 1.34. The molecule has 1 saturated heterocycles. The third-order valence-electron chi connectivity index (χ3n) is 2.53. The maximum absolute atomic E-state index is 10.9. The molecule has 1 amide bonds. The summed E-state index contributed by atoms with van der Waals surface area (Å²) in [4.78, 5) is 23.0. The summed E-state index contributed by atoms with van der Waals surface area (Å²) in [5, 5.41) is 8.82. The molecular weight excluding hydrogens is 186 g/mol. The average Bonchev–Trinajstić information content (AvgIpc) is 2.62. The van der Waals surface area contributed by atoms with Gasteiger partial charge in [0, 0.05) is 19.0 Å². The Morgan fingerprint density at radius 1 is 1.57 bits per heavy atom. The summed E-state index contributed by atoms with van der Waals surface area (Å²) in [6.07, 6.45) is 1.71. The molecule has 1 atom stereocenters. The van der Waals surface area contributed by atoms with E-state index in [-0.39, 0.29) is 12.0 Å². The Morgan fingerprint density at radius 3 is 2.86 bits per heavy atom. The highest BCUT2D eigenvalue weighted by Crippen LogP contribution is 2.21. The molecule has 1 unspecified atom stereocenters. The Kier molecular flexibility index (Phi) is 3.73. The summed E-state index contributed by atoms with van der Waals surface area (Å²) < 4.78 is 4.50. The van der Waals surface area contributed by atoms with E-state index < -0.39 is 6.09 Å². The fourth-order valence-corrected chi connectivity index (χ4v) is 1.77. The number of carboxylic acid groups (broad SMARTS) is 1. The standard InChI is InChI=1S/C9H15NO4/c1-14-8(11)5-4-7-3-2-6-10(7)9(12)13/h7H,2-6H2,1H3,(H,12,13). The van der Waals surface area contributed by atoms with Crippen molar-refractivity contribution in [2.75, 3.05) is 13.7 Å². The van der Waals surface area contributed by atoms with Crippen molar-refractivity contribution in [2.24, 2.45) is 0 Å². The number of methoxy groups -OCH3 is 1. The van der Waals surface area contributed by atoms with E-state index >= 15 is 0 Å². The fraction of sp³-hybridized carbons (Fsp3) is 0.778. The Hall–Kier alpha value is -1.26. The minimum atomic E-state index is -0.891. The lowest BCUT2D eigenvalue weighted by Crippen LogP contribution is -2.34. The van der Waals surface area contributed by atoms with Gasteiger partial charge in [-0.05, 0) is 19.3 Å². The van der Waals surface area contributed by atoms with E-state index in [9.17, 15) is 9.59 Å². The summed E-state index contributed by atoms with van der Waals surface area (Å²) in [5.41, 5.74) is 0. The summed E-state index contributed by atoms with van der Waals surface area (Å²) >= 11 is 0. The van der Waals surface area contributed by atoms with Gasteiger partial charge in [-0.3, -0.25) is 4.79 Å². The van der Waals surface area contributed by atoms with Crippen molar-refractivity contribution in [3.05, 3.63) is 0 Å². The first kappa shape index (κ1) is 10.8. The van der Waals surface area contributed by atoms with Crippen molar-refractivity contribution in [1.29, 1.82) is 0 Å². The Balaban J connectivity index is 2.36. The van der Waals surface area contributed by atoms with Gasteiger partial charge in [0.2, 0.25) is 0 Å². The van der Waals surface area contributed by atoms with Gasteiger partial charge >= 0.3 is 12.1 Å². The zero-order chi connectivity index (χ0) is 10.6. The number of rotatable bonds is 3. The normalized spacial score (nSPS) is 20.9. The highest BCUT2D eigenvalue weighted by Gasteiger charge is 2.28. The van der Waals surface area contributed by atoms with Crippen LogP contribution < -0.4 is 0 Å². The van der Waals surface area contributed by atoms with E-state index in [2.05, 4.69) is 4.74 Å². The molecular formula is C9H15NO4. The molecule has 0 aromatic carbocycles. The van der Waals surface area contributed by atoms with Crippen LogP contribution in [0.3, 0.4) is 0 Å². The lowest BCUT2D eigenvalue weighted by atomic mass is 10.1. The van der Waals surface area contributed by atoms with Crippen molar-refractivity contribution < 1.29 is 19.4 Å². The molecule has 0 aliphatic carbocycles. The molecule has 1 N–H and O–H groups in total. The average molecular weight is 201 g/mol. The van der Waals surface area contributed by atoms with Crippen LogP contribution in [0.1, 0.15) is 25.7 Å². The van der Waals surface area contributed by atoms with Crippen LogP contribution in [0, 0.1) is 0 Å². The number of esters is 1. The number of ether oxygens (including phenoxy) is 1. The Labute approximate surface area is 82.6 Å². The molecule has 0 bridgehead atoms. The number of hydrogen-bond acceptors (Lipinski definition) is 3. The van der Waals surface area contributed by atoms with Crippen LogP contribution in [-0.2, 0) is 9.53 Å². The number of hydrogen-bond donors (Lipinski definition) is 1. The molecule has 1 fully saturated rings. The number of likely N-dealkylation sites (tertiary alicyclic amines) is 1. The monoisotopic (exact) mass is 201 g/mol. The van der Waals surface area contributed by atoms with Crippen LogP contribution in [0.2, 0.25) is 0 Å². The predicted molar refractivity (Wildman–Crippen MR) is 49.0 cm³/mol. The lowest BCUT2D eigenvalue weighted by molar-refractivity contribution is -0.140. The number of carbonyl (C=O) groups is 2. The van der Waals surface area contributed by atoms with E-state index in [1.165, 1.54) is 12.0 Å². The van der Waals surface area contributed by atoms with E-state index in [0.29, 0.717) is 19.4 Å². The van der Waals surface area contributed by atoms with Crippen molar-refractivity contribution in [1.82, 2.24) is 4.90 Å². The van der Waals surface area contributed by atoms with Crippen molar-refractivity contribution in [3.8, 4) is 0 Å². The second-order valence-electron chi connectivity index (χ2n) is 3.39. The topological polar surface area (TPSA) is 66.8 Å². The maximum Gasteiger partial charge on any atom is 0.407 e. The second-order valence-corrected chi connectivity index (χ2v) is 3.39. The third-order valence-corrected chi connectivity index (χ3v) is 2.53. The molecule has 5 heteroatoms. The van der Waals surface area contributed by atoms with Crippen molar-refractivity contribution in [3.63, 3.8) is 0 Å². The second kappa shape index (κ2) is 4.83. The molecule has 5 nitrogen and oxygen atoms in total. The molecule has 0 aromatic heterocycles. The fourth-order valence-electron chi connectivity index (χ4n) is 1.77. The molecule has 1 aliphatic heterocycles. The highest BCUT2D eigenvalue weighted by molar-refractivity contribution is 5.69. The van der Waals surface area contributed by atoms with Gasteiger partial charge in [0.25, 0.3) is 0 Å².